The minimum absolute atomic E-state index is 0.826. The lowest BCUT2D eigenvalue weighted by atomic mass is 9.88. The van der Waals surface area contributed by atoms with Crippen LogP contribution in [-0.2, 0) is 105 Å². The van der Waals surface area contributed by atoms with Crippen LogP contribution in [0.2, 0.25) is 0 Å². The molecule has 8 heterocycles. The van der Waals surface area contributed by atoms with Gasteiger partial charge in [-0.05, 0) is 0 Å². The maximum Gasteiger partial charge on any atom is 0.364 e. The number of amides is 5. The predicted molar refractivity (Wildman–Crippen MR) is 357 cm³/mol. The van der Waals surface area contributed by atoms with Gasteiger partial charge in [0.05, 0.1) is 77.1 Å². The van der Waals surface area contributed by atoms with Crippen LogP contribution in [0.3, 0.4) is 0 Å². The normalized spacial score (nSPS) is 44.6. The van der Waals surface area contributed by atoms with E-state index in [9.17, 15) is 161 Å². The first kappa shape index (κ1) is 96.2. The quantitative estimate of drug-likeness (QED) is 0.0290. The molecule has 8 aliphatic rings. The highest BCUT2D eigenvalue weighted by Gasteiger charge is 2.63. The average molecular weight is 1700 g/mol. The third-order valence-corrected chi connectivity index (χ3v) is 20.6. The van der Waals surface area contributed by atoms with Crippen molar-refractivity contribution in [3.05, 3.63) is 0 Å². The third-order valence-electron chi connectivity index (χ3n) is 20.6. The molecule has 30 N–H and O–H groups in total. The number of hydrogen-bond donors (Lipinski definition) is 30. The lowest BCUT2D eigenvalue weighted by molar-refractivity contribution is -0.384. The number of carboxylic acid groups (broad SMARTS) is 2. The Balaban J connectivity index is 0.975. The molecule has 668 valence electrons. The van der Waals surface area contributed by atoms with Gasteiger partial charge in [0.2, 0.25) is 29.5 Å². The molecule has 0 unspecified atom stereocenters. The number of aliphatic hydroxyl groups is 23. The number of carboxylic acids is 2. The summed E-state index contributed by atoms with van der Waals surface area (Å²) in [5.74, 6) is -15.0. The van der Waals surface area contributed by atoms with Crippen molar-refractivity contribution in [3.8, 4) is 0 Å². The molecule has 0 aromatic carbocycles. The van der Waals surface area contributed by atoms with E-state index >= 15 is 0 Å². The molecular weight excluding hydrogens is 1590 g/mol. The van der Waals surface area contributed by atoms with Gasteiger partial charge in [-0.1, -0.05) is 0 Å². The van der Waals surface area contributed by atoms with Gasteiger partial charge in [-0.3, -0.25) is 24.0 Å². The van der Waals surface area contributed by atoms with Crippen LogP contribution in [0.5, 0.6) is 0 Å². The van der Waals surface area contributed by atoms with Crippen molar-refractivity contribution < 1.29 is 232 Å². The van der Waals surface area contributed by atoms with Crippen LogP contribution >= 0.6 is 0 Å². The van der Waals surface area contributed by atoms with Crippen LogP contribution in [0, 0.1) is 0 Å². The molecule has 0 bridgehead atoms. The Hall–Kier alpha value is -5.23. The zero-order valence-corrected chi connectivity index (χ0v) is 62.3. The fourth-order valence-electron chi connectivity index (χ4n) is 14.7. The smallest absolute Gasteiger partial charge is 0.364 e. The summed E-state index contributed by atoms with van der Waals surface area (Å²) in [5.41, 5.74) is 0. The second-order valence-corrected chi connectivity index (χ2v) is 29.0. The van der Waals surface area contributed by atoms with E-state index < -0.39 is 364 Å². The summed E-state index contributed by atoms with van der Waals surface area (Å²) >= 11 is 0. The Kier molecular flexibility index (Phi) is 34.1. The summed E-state index contributed by atoms with van der Waals surface area (Å²) in [4.78, 5) is 88.7. The van der Waals surface area contributed by atoms with Gasteiger partial charge in [-0.2, -0.15) is 0 Å². The minimum Gasteiger partial charge on any atom is -0.477 e. The molecule has 8 aliphatic heterocycles. The first-order valence-corrected chi connectivity index (χ1v) is 36.4. The van der Waals surface area contributed by atoms with Gasteiger partial charge in [0.25, 0.3) is 11.6 Å². The molecule has 0 saturated carbocycles. The number of aliphatic hydroxyl groups excluding tert-OH is 23. The number of ether oxygens (including phenoxy) is 15. The van der Waals surface area contributed by atoms with Gasteiger partial charge < -0.3 is 225 Å². The Morgan fingerprint density at radius 3 is 1.16 bits per heavy atom. The predicted octanol–water partition coefficient (Wildman–Crippen LogP) is -19.3. The van der Waals surface area contributed by atoms with Crippen molar-refractivity contribution in [1.29, 1.82) is 0 Å². The van der Waals surface area contributed by atoms with Gasteiger partial charge in [-0.25, -0.2) is 9.59 Å². The second-order valence-electron chi connectivity index (χ2n) is 29.0. The number of carbonyl (C=O) groups is 7. The van der Waals surface area contributed by atoms with Gasteiger partial charge in [0.1, 0.15) is 183 Å². The highest BCUT2D eigenvalue weighted by atomic mass is 16.8. The van der Waals surface area contributed by atoms with Crippen LogP contribution in [0.15, 0.2) is 0 Å². The molecule has 0 radical (unpaired) electrons. The van der Waals surface area contributed by atoms with Crippen molar-refractivity contribution >= 4 is 41.5 Å². The maximum absolute atomic E-state index is 13.1. The van der Waals surface area contributed by atoms with Gasteiger partial charge in [0.15, 0.2) is 37.7 Å². The number of hydrogen-bond acceptors (Lipinski definition) is 45. The van der Waals surface area contributed by atoms with Crippen molar-refractivity contribution in [3.63, 3.8) is 0 Å². The highest BCUT2D eigenvalue weighted by Crippen LogP contribution is 2.42. The molecule has 116 heavy (non-hydrogen) atoms. The molecular formula is C64H105N5O47. The van der Waals surface area contributed by atoms with E-state index in [1.165, 1.54) is 0 Å². The molecule has 0 aliphatic carbocycles. The van der Waals surface area contributed by atoms with Gasteiger partial charge in [-0.15, -0.1) is 0 Å². The van der Waals surface area contributed by atoms with Crippen LogP contribution in [0.1, 0.15) is 47.5 Å². The second kappa shape index (κ2) is 41.1. The molecule has 5 amide bonds. The van der Waals surface area contributed by atoms with Crippen LogP contribution in [0.25, 0.3) is 0 Å². The monoisotopic (exact) mass is 1700 g/mol. The Morgan fingerprint density at radius 2 is 0.716 bits per heavy atom. The zero-order valence-electron chi connectivity index (χ0n) is 62.3. The molecule has 52 nitrogen and oxygen atoms in total. The van der Waals surface area contributed by atoms with Crippen LogP contribution in [-0.4, -0.2) is 479 Å². The standard InChI is InChI=1S/C64H105N5O47/c1-16(76)65-31-21(81)6-63(61(98)99,114-51(31)36(85)23(83)8-70)103-15-30-38(87)44(93)45(94)58(109-30)110-49-28(13-75)108-57(34(43(49)92)68-19(4)79)113-53-39(88)25(10-72)105-59(46(53)95)112-50-35(69-20(5)80)55(97)104-29(41(50)90)14-102-56-33(67-18(3)78)42(91)48(27(12-74)107-56)111-60-47(96)54(40(89)26(11-73)106-60)116-64(62(100)101)7-22(82)32(66-17(2)77)52(115-64)37(86)24(84)9-71/h21-60,70-75,81-97H,6-15H2,1-5H3,(H,65,76)(H,66,77)(H,67,78)(H,68,79)(H,69,80)(H,98,99)(H,100,101)/t21-,22-,23+,24+,25+,26+,27+,28+,29+,30+,31+,32+,33+,34+,35+,36+,37+,38-,39-,40-,41-,42+,43+,44-,45+,46+,47+,48+,49+,50+,51+,52+,53-,54-,55-,56+,57-,58-,59-,60-,63+,64-/m0/s1. The van der Waals surface area contributed by atoms with Crippen molar-refractivity contribution in [2.75, 3.05) is 52.9 Å². The van der Waals surface area contributed by atoms with Crippen LogP contribution < -0.4 is 26.6 Å². The van der Waals surface area contributed by atoms with E-state index in [2.05, 4.69) is 26.6 Å². The first-order valence-electron chi connectivity index (χ1n) is 36.4. The lowest BCUT2D eigenvalue weighted by Crippen LogP contribution is -2.71. The molecule has 8 saturated heterocycles. The summed E-state index contributed by atoms with van der Waals surface area (Å²) in [6.07, 6.45) is -77.4. The number of rotatable bonds is 33. The zero-order chi connectivity index (χ0) is 86.3. The van der Waals surface area contributed by atoms with E-state index in [-0.39, 0.29) is 0 Å². The molecule has 52 heteroatoms. The first-order chi connectivity index (χ1) is 54.5. The highest BCUT2D eigenvalue weighted by molar-refractivity contribution is 5.78. The Labute approximate surface area is 655 Å². The topological polar surface area (TPSA) is 824 Å². The largest absolute Gasteiger partial charge is 0.477 e. The molecule has 0 aromatic heterocycles. The van der Waals surface area contributed by atoms with Crippen molar-refractivity contribution in [1.82, 2.24) is 26.6 Å². The summed E-state index contributed by atoms with van der Waals surface area (Å²) < 4.78 is 86.9. The number of carbonyl (C=O) groups excluding carboxylic acids is 5. The van der Waals surface area contributed by atoms with Gasteiger partial charge >= 0.3 is 11.9 Å². The molecule has 8 fully saturated rings. The van der Waals surface area contributed by atoms with E-state index in [1.807, 2.05) is 0 Å². The van der Waals surface area contributed by atoms with E-state index in [0.29, 0.717) is 0 Å². The third kappa shape index (κ3) is 21.4. The minimum atomic E-state index is -3.25. The Bertz CT molecular complexity index is 3240. The molecule has 8 rings (SSSR count). The summed E-state index contributed by atoms with van der Waals surface area (Å²) in [5, 5.41) is 287. The van der Waals surface area contributed by atoms with E-state index in [4.69, 9.17) is 71.1 Å². The summed E-state index contributed by atoms with van der Waals surface area (Å²) in [6.45, 7) is -4.50. The molecule has 42 atom stereocenters. The number of nitrogens with one attached hydrogen (secondary N) is 5. The molecule has 0 aromatic rings. The van der Waals surface area contributed by atoms with Crippen molar-refractivity contribution in [2.45, 2.75) is 304 Å². The van der Waals surface area contributed by atoms with E-state index in [0.717, 1.165) is 34.6 Å². The average Bonchev–Trinajstić information content (AvgIpc) is 0.745. The van der Waals surface area contributed by atoms with Crippen LogP contribution in [0.4, 0.5) is 0 Å². The fraction of sp³-hybridized carbons (Fsp3) is 0.891. The maximum atomic E-state index is 13.1. The molecule has 0 spiro atoms. The van der Waals surface area contributed by atoms with E-state index in [1.54, 1.807) is 0 Å². The van der Waals surface area contributed by atoms with Crippen molar-refractivity contribution in [2.24, 2.45) is 0 Å². The van der Waals surface area contributed by atoms with Gasteiger partial charge in [0, 0.05) is 47.5 Å². The summed E-state index contributed by atoms with van der Waals surface area (Å²) in [6, 6.07) is -9.09. The lowest BCUT2D eigenvalue weighted by Gasteiger charge is -2.51. The fourth-order valence-corrected chi connectivity index (χ4v) is 14.7. The number of aliphatic carboxylic acids is 2. The SMILES string of the molecule is CC(=O)N[C@@H]1[C@@H](O[C@@H]2O[C@H](CO)[C@H](O)[C@H](O[C@@H]3O[C@H](CO)[C@@H](O[C@@H]4O[C@H](CO[C@]5(C(=O)O)C[C@H](O)[C@@H](NC(C)=O)[C@H]([C@H](O)[C@H](O)CO)O5)[C@H](O)[C@H](O)[C@H]4O)[C@H](O)[C@H]3NC(C)=O)[C@H]2O)[C@@H](O)[C@@H](CO[C@@H]2O[C@H](CO)[C@@H](O[C@@H]3O[C@H](CO)[C@H](O)[C@H](O[C@]4(C(=O)O)C[C@H](O)[C@@H](NC(C)=O)[C@H]([C@H](O)[C@H](O)CO)O4)[C@H]3O)[C@H](O)[C@H]2NC(C)=O)O[C@@H]1O. The summed E-state index contributed by atoms with van der Waals surface area (Å²) in [7, 11) is 0. The Morgan fingerprint density at radius 1 is 0.362 bits per heavy atom.